The molecule has 0 atom stereocenters. The van der Waals surface area contributed by atoms with Crippen molar-refractivity contribution in [2.75, 3.05) is 0 Å². The molecule has 2 aromatic rings. The van der Waals surface area contributed by atoms with Crippen LogP contribution >= 0.6 is 0 Å². The van der Waals surface area contributed by atoms with Gasteiger partial charge in [-0.05, 0) is 30.5 Å². The van der Waals surface area contributed by atoms with Gasteiger partial charge in [-0.1, -0.05) is 18.9 Å². The smallest absolute Gasteiger partial charge is 0.408 e. The first-order valence-corrected chi connectivity index (χ1v) is 6.62. The summed E-state index contributed by atoms with van der Waals surface area (Å²) in [5.41, 5.74) is 2.16. The number of amides is 1. The first-order valence-electron chi connectivity index (χ1n) is 6.62. The normalized spacial score (nSPS) is 16.0. The molecule has 1 amide bonds. The summed E-state index contributed by atoms with van der Waals surface area (Å²) in [7, 11) is 0. The van der Waals surface area contributed by atoms with E-state index in [-0.39, 0.29) is 11.8 Å². The van der Waals surface area contributed by atoms with E-state index in [1.807, 2.05) is 12.1 Å². The van der Waals surface area contributed by atoms with Crippen LogP contribution in [0.3, 0.4) is 0 Å². The summed E-state index contributed by atoms with van der Waals surface area (Å²) >= 11 is 0. The number of nitrogens with one attached hydrogen (secondary N) is 2. The molecule has 0 spiro atoms. The first kappa shape index (κ1) is 12.0. The lowest BCUT2D eigenvalue weighted by molar-refractivity contribution is -0.124. The fourth-order valence-corrected chi connectivity index (χ4v) is 2.63. The van der Waals surface area contributed by atoms with E-state index in [2.05, 4.69) is 10.3 Å². The van der Waals surface area contributed by atoms with Crippen molar-refractivity contribution in [3.8, 4) is 0 Å². The molecular formula is C14H16N2O3. The van der Waals surface area contributed by atoms with Gasteiger partial charge in [0.1, 0.15) is 0 Å². The van der Waals surface area contributed by atoms with Crippen LogP contribution in [0.25, 0.3) is 11.1 Å². The molecule has 1 aromatic carbocycles. The van der Waals surface area contributed by atoms with Crippen LogP contribution in [0.5, 0.6) is 0 Å². The van der Waals surface area contributed by atoms with Crippen LogP contribution in [-0.4, -0.2) is 10.9 Å². The van der Waals surface area contributed by atoms with Crippen LogP contribution in [0, 0.1) is 5.92 Å². The van der Waals surface area contributed by atoms with E-state index in [1.54, 1.807) is 6.07 Å². The monoisotopic (exact) mass is 260 g/mol. The number of aromatic amines is 1. The number of carbonyl (C=O) groups excluding carboxylic acids is 1. The van der Waals surface area contributed by atoms with Crippen molar-refractivity contribution in [1.82, 2.24) is 10.3 Å². The third kappa shape index (κ3) is 2.54. The molecule has 5 heteroatoms. The predicted molar refractivity (Wildman–Crippen MR) is 70.6 cm³/mol. The van der Waals surface area contributed by atoms with E-state index in [0.717, 1.165) is 31.2 Å². The van der Waals surface area contributed by atoms with Gasteiger partial charge < -0.3 is 9.73 Å². The second kappa shape index (κ2) is 4.91. The number of fused-ring (bicyclic) bond motifs is 1. The Morgan fingerprint density at radius 3 is 2.95 bits per heavy atom. The molecule has 1 heterocycles. The van der Waals surface area contributed by atoms with Crippen LogP contribution in [0.4, 0.5) is 0 Å². The summed E-state index contributed by atoms with van der Waals surface area (Å²) in [4.78, 5) is 25.6. The number of aromatic nitrogens is 1. The lowest BCUT2D eigenvalue weighted by atomic mass is 10.1. The zero-order valence-corrected chi connectivity index (χ0v) is 10.6. The fraction of sp³-hybridized carbons (Fsp3) is 0.429. The van der Waals surface area contributed by atoms with Crippen molar-refractivity contribution in [1.29, 1.82) is 0 Å². The Kier molecular flexibility index (Phi) is 3.11. The van der Waals surface area contributed by atoms with Crippen molar-refractivity contribution in [2.45, 2.75) is 32.2 Å². The maximum absolute atomic E-state index is 11.9. The Balaban J connectivity index is 1.67. The highest BCUT2D eigenvalue weighted by Crippen LogP contribution is 2.24. The van der Waals surface area contributed by atoms with Gasteiger partial charge in [-0.25, -0.2) is 4.79 Å². The number of hydrogen-bond donors (Lipinski definition) is 2. The molecule has 5 nitrogen and oxygen atoms in total. The van der Waals surface area contributed by atoms with Gasteiger partial charge in [-0.3, -0.25) is 9.78 Å². The summed E-state index contributed by atoms with van der Waals surface area (Å²) in [6.45, 7) is 0.485. The van der Waals surface area contributed by atoms with Gasteiger partial charge >= 0.3 is 5.76 Å². The zero-order chi connectivity index (χ0) is 13.2. The molecule has 0 aliphatic heterocycles. The molecule has 0 radical (unpaired) electrons. The minimum absolute atomic E-state index is 0.137. The molecule has 1 fully saturated rings. The molecule has 0 saturated heterocycles. The van der Waals surface area contributed by atoms with Crippen LogP contribution < -0.4 is 11.1 Å². The SMILES string of the molecule is O=C(NCc1ccc2oc(=O)[nH]c2c1)C1CCCC1. The molecule has 100 valence electrons. The van der Waals surface area contributed by atoms with Crippen molar-refractivity contribution in [2.24, 2.45) is 5.92 Å². The Labute approximate surface area is 110 Å². The van der Waals surface area contributed by atoms with E-state index in [9.17, 15) is 9.59 Å². The van der Waals surface area contributed by atoms with E-state index < -0.39 is 5.76 Å². The van der Waals surface area contributed by atoms with Crippen molar-refractivity contribution in [3.63, 3.8) is 0 Å². The number of H-pyrrole nitrogens is 1. The summed E-state index contributed by atoms with van der Waals surface area (Å²) in [6, 6.07) is 5.42. The van der Waals surface area contributed by atoms with E-state index in [4.69, 9.17) is 4.42 Å². The molecule has 1 aromatic heterocycles. The van der Waals surface area contributed by atoms with Gasteiger partial charge in [0, 0.05) is 12.5 Å². The topological polar surface area (TPSA) is 75.1 Å². The van der Waals surface area contributed by atoms with Crippen molar-refractivity contribution in [3.05, 3.63) is 34.3 Å². The standard InChI is InChI=1S/C14H16N2O3/c17-13(10-3-1-2-4-10)15-8-9-5-6-12-11(7-9)16-14(18)19-12/h5-7,10H,1-4,8H2,(H,15,17)(H,16,18). The highest BCUT2D eigenvalue weighted by molar-refractivity contribution is 5.79. The molecule has 19 heavy (non-hydrogen) atoms. The highest BCUT2D eigenvalue weighted by Gasteiger charge is 2.22. The van der Waals surface area contributed by atoms with Crippen LogP contribution in [0.15, 0.2) is 27.4 Å². The van der Waals surface area contributed by atoms with Crippen molar-refractivity contribution >= 4 is 17.0 Å². The minimum atomic E-state index is -0.456. The second-order valence-corrected chi connectivity index (χ2v) is 5.04. The van der Waals surface area contributed by atoms with E-state index >= 15 is 0 Å². The van der Waals surface area contributed by atoms with E-state index in [1.165, 1.54) is 0 Å². The maximum atomic E-state index is 11.9. The predicted octanol–water partition coefficient (Wildman–Crippen LogP) is 1.93. The quantitative estimate of drug-likeness (QED) is 0.885. The summed E-state index contributed by atoms with van der Waals surface area (Å²) in [6.07, 6.45) is 4.31. The molecular weight excluding hydrogens is 244 g/mol. The lowest BCUT2D eigenvalue weighted by Crippen LogP contribution is -2.28. The van der Waals surface area contributed by atoms with Gasteiger partial charge in [0.15, 0.2) is 5.58 Å². The Hall–Kier alpha value is -2.04. The largest absolute Gasteiger partial charge is 0.417 e. The van der Waals surface area contributed by atoms with Gasteiger partial charge in [-0.2, -0.15) is 0 Å². The highest BCUT2D eigenvalue weighted by atomic mass is 16.4. The van der Waals surface area contributed by atoms with Gasteiger partial charge in [0.25, 0.3) is 0 Å². The van der Waals surface area contributed by atoms with Gasteiger partial charge in [0.05, 0.1) is 5.52 Å². The molecule has 2 N–H and O–H groups in total. The van der Waals surface area contributed by atoms with Crippen LogP contribution in [-0.2, 0) is 11.3 Å². The summed E-state index contributed by atoms with van der Waals surface area (Å²) in [5, 5.41) is 2.95. The number of benzene rings is 1. The van der Waals surface area contributed by atoms with Crippen molar-refractivity contribution < 1.29 is 9.21 Å². The Morgan fingerprint density at radius 2 is 2.16 bits per heavy atom. The number of carbonyl (C=O) groups is 1. The third-order valence-corrected chi connectivity index (χ3v) is 3.68. The number of oxazole rings is 1. The molecule has 1 aliphatic carbocycles. The summed E-state index contributed by atoms with van der Waals surface area (Å²) < 4.78 is 4.93. The van der Waals surface area contributed by atoms with E-state index in [0.29, 0.717) is 17.6 Å². The maximum Gasteiger partial charge on any atom is 0.417 e. The Bertz CT molecular complexity index is 650. The zero-order valence-electron chi connectivity index (χ0n) is 10.6. The Morgan fingerprint density at radius 1 is 1.37 bits per heavy atom. The van der Waals surface area contributed by atoms with Crippen LogP contribution in [0.2, 0.25) is 0 Å². The molecule has 0 bridgehead atoms. The average Bonchev–Trinajstić information content (AvgIpc) is 3.03. The molecule has 1 aliphatic rings. The van der Waals surface area contributed by atoms with Crippen LogP contribution in [0.1, 0.15) is 31.2 Å². The van der Waals surface area contributed by atoms with Gasteiger partial charge in [0.2, 0.25) is 5.91 Å². The molecule has 1 saturated carbocycles. The molecule has 0 unspecified atom stereocenters. The fourth-order valence-electron chi connectivity index (χ4n) is 2.63. The second-order valence-electron chi connectivity index (χ2n) is 5.04. The average molecular weight is 260 g/mol. The lowest BCUT2D eigenvalue weighted by Gasteiger charge is -2.10. The minimum Gasteiger partial charge on any atom is -0.408 e. The first-order chi connectivity index (χ1) is 9.22. The summed E-state index contributed by atoms with van der Waals surface area (Å²) in [5.74, 6) is -0.141. The number of hydrogen-bond acceptors (Lipinski definition) is 3. The third-order valence-electron chi connectivity index (χ3n) is 3.68. The van der Waals surface area contributed by atoms with Gasteiger partial charge in [-0.15, -0.1) is 0 Å². The molecule has 3 rings (SSSR count). The number of rotatable bonds is 3.